The van der Waals surface area contributed by atoms with Crippen LogP contribution in [0.2, 0.25) is 0 Å². The van der Waals surface area contributed by atoms with Crippen molar-refractivity contribution in [2.45, 2.75) is 12.5 Å². The number of carbonyl (C=O) groups excluding carboxylic acids is 1. The molecule has 2 atom stereocenters. The lowest BCUT2D eigenvalue weighted by Gasteiger charge is -2.17. The van der Waals surface area contributed by atoms with Crippen molar-refractivity contribution in [3.8, 4) is 0 Å². The van der Waals surface area contributed by atoms with Crippen LogP contribution in [0.15, 0.2) is 43.0 Å². The van der Waals surface area contributed by atoms with Crippen LogP contribution >= 0.6 is 24.8 Å². The van der Waals surface area contributed by atoms with Crippen LogP contribution < -0.4 is 10.6 Å². The number of imidazole rings is 1. The standard InChI is InChI=1S/C18H22N6O.2ClH/c1-23-11-13(8-22-23)14-9-19-10-15(14)18(25)20-6-7-24-12-21-16-4-2-3-5-17(16)24;;/h2-5,8,11-12,14-15,19H,6-7,9-10H2,1H3,(H,20,25);2*1H/t14-,15+;;/m1../s1. The highest BCUT2D eigenvalue weighted by molar-refractivity contribution is 5.85. The van der Waals surface area contributed by atoms with Crippen LogP contribution in [-0.4, -0.2) is 44.9 Å². The van der Waals surface area contributed by atoms with Gasteiger partial charge in [0.15, 0.2) is 0 Å². The minimum atomic E-state index is -0.0521. The number of hydrogen-bond donors (Lipinski definition) is 2. The number of para-hydroxylation sites is 2. The molecule has 0 radical (unpaired) electrons. The van der Waals surface area contributed by atoms with E-state index in [0.29, 0.717) is 19.6 Å². The van der Waals surface area contributed by atoms with Gasteiger partial charge in [-0.2, -0.15) is 5.10 Å². The first-order valence-corrected chi connectivity index (χ1v) is 8.59. The van der Waals surface area contributed by atoms with Crippen molar-refractivity contribution in [3.63, 3.8) is 0 Å². The first-order chi connectivity index (χ1) is 12.2. The topological polar surface area (TPSA) is 76.8 Å². The Labute approximate surface area is 170 Å². The predicted octanol–water partition coefficient (Wildman–Crippen LogP) is 1.73. The normalized spacial score (nSPS) is 18.7. The van der Waals surface area contributed by atoms with Crippen LogP contribution in [0.25, 0.3) is 11.0 Å². The third-order valence-corrected chi connectivity index (χ3v) is 4.88. The fourth-order valence-corrected chi connectivity index (χ4v) is 3.56. The Hall–Kier alpha value is -2.09. The van der Waals surface area contributed by atoms with Crippen LogP contribution in [0.3, 0.4) is 0 Å². The molecule has 1 aliphatic rings. The maximum absolute atomic E-state index is 12.6. The molecular weight excluding hydrogens is 387 g/mol. The number of benzene rings is 1. The van der Waals surface area contributed by atoms with Gasteiger partial charge in [-0.3, -0.25) is 9.48 Å². The molecule has 0 unspecified atom stereocenters. The van der Waals surface area contributed by atoms with Crippen molar-refractivity contribution in [1.82, 2.24) is 30.0 Å². The Morgan fingerprint density at radius 1 is 1.30 bits per heavy atom. The minimum Gasteiger partial charge on any atom is -0.354 e. The van der Waals surface area contributed by atoms with E-state index in [4.69, 9.17) is 0 Å². The van der Waals surface area contributed by atoms with E-state index in [2.05, 4.69) is 25.3 Å². The number of aryl methyl sites for hydroxylation is 1. The molecule has 4 rings (SSSR count). The summed E-state index contributed by atoms with van der Waals surface area (Å²) in [6.07, 6.45) is 5.68. The molecule has 3 heterocycles. The molecule has 9 heteroatoms. The first kappa shape index (κ1) is 21.2. The fraction of sp³-hybridized carbons (Fsp3) is 0.389. The number of carbonyl (C=O) groups is 1. The van der Waals surface area contributed by atoms with Gasteiger partial charge in [0.05, 0.1) is 29.5 Å². The molecule has 1 aliphatic heterocycles. The fourth-order valence-electron chi connectivity index (χ4n) is 3.56. The SMILES string of the molecule is Cl.Cl.Cn1cc([C@H]2CNC[C@@H]2C(=O)NCCn2cnc3ccccc32)cn1. The van der Waals surface area contributed by atoms with E-state index < -0.39 is 0 Å². The van der Waals surface area contributed by atoms with Crippen LogP contribution in [-0.2, 0) is 18.4 Å². The Bertz CT molecular complexity index is 893. The van der Waals surface area contributed by atoms with Crippen LogP contribution in [0.5, 0.6) is 0 Å². The lowest BCUT2D eigenvalue weighted by atomic mass is 9.90. The molecule has 1 aromatic carbocycles. The highest BCUT2D eigenvalue weighted by Gasteiger charge is 2.34. The molecule has 7 nitrogen and oxygen atoms in total. The molecule has 0 bridgehead atoms. The van der Waals surface area contributed by atoms with Gasteiger partial charge in [0.25, 0.3) is 0 Å². The number of amides is 1. The average Bonchev–Trinajstić information content (AvgIpc) is 3.34. The molecular formula is C18H24Cl2N6O. The van der Waals surface area contributed by atoms with Crippen molar-refractivity contribution < 1.29 is 4.79 Å². The molecule has 0 aliphatic carbocycles. The molecule has 1 amide bonds. The summed E-state index contributed by atoms with van der Waals surface area (Å²) in [6, 6.07) is 8.02. The zero-order chi connectivity index (χ0) is 17.2. The van der Waals surface area contributed by atoms with E-state index >= 15 is 0 Å². The highest BCUT2D eigenvalue weighted by Crippen LogP contribution is 2.27. The number of hydrogen-bond acceptors (Lipinski definition) is 4. The zero-order valence-electron chi connectivity index (χ0n) is 15.0. The second-order valence-corrected chi connectivity index (χ2v) is 6.54. The lowest BCUT2D eigenvalue weighted by molar-refractivity contribution is -0.124. The largest absolute Gasteiger partial charge is 0.354 e. The second kappa shape index (κ2) is 9.21. The van der Waals surface area contributed by atoms with Crippen LogP contribution in [0.4, 0.5) is 0 Å². The predicted molar refractivity (Wildman–Crippen MR) is 110 cm³/mol. The highest BCUT2D eigenvalue weighted by atomic mass is 35.5. The Kier molecular flexibility index (Phi) is 7.24. The Morgan fingerprint density at radius 3 is 2.89 bits per heavy atom. The number of rotatable bonds is 5. The number of nitrogens with one attached hydrogen (secondary N) is 2. The Morgan fingerprint density at radius 2 is 2.11 bits per heavy atom. The average molecular weight is 411 g/mol. The Balaban J connectivity index is 0.00000131. The molecule has 146 valence electrons. The van der Waals surface area contributed by atoms with Crippen molar-refractivity contribution >= 4 is 41.8 Å². The first-order valence-electron chi connectivity index (χ1n) is 8.59. The van der Waals surface area contributed by atoms with Crippen LogP contribution in [0.1, 0.15) is 11.5 Å². The molecule has 27 heavy (non-hydrogen) atoms. The number of halogens is 2. The van der Waals surface area contributed by atoms with Crippen molar-refractivity contribution in [2.24, 2.45) is 13.0 Å². The lowest BCUT2D eigenvalue weighted by Crippen LogP contribution is -2.36. The quantitative estimate of drug-likeness (QED) is 0.671. The van der Waals surface area contributed by atoms with Gasteiger partial charge in [0, 0.05) is 45.3 Å². The minimum absolute atomic E-state index is 0. The summed E-state index contributed by atoms with van der Waals surface area (Å²) in [5.74, 6) is 0.231. The molecule has 3 aromatic rings. The van der Waals surface area contributed by atoms with Gasteiger partial charge in [-0.1, -0.05) is 12.1 Å². The number of aromatic nitrogens is 4. The van der Waals surface area contributed by atoms with Gasteiger partial charge in [-0.15, -0.1) is 24.8 Å². The van der Waals surface area contributed by atoms with E-state index in [0.717, 1.165) is 23.1 Å². The third kappa shape index (κ3) is 4.43. The summed E-state index contributed by atoms with van der Waals surface area (Å²) >= 11 is 0. The van der Waals surface area contributed by atoms with Crippen molar-refractivity contribution in [1.29, 1.82) is 0 Å². The summed E-state index contributed by atoms with van der Waals surface area (Å²) in [4.78, 5) is 17.0. The summed E-state index contributed by atoms with van der Waals surface area (Å²) in [5.41, 5.74) is 3.19. The van der Waals surface area contributed by atoms with E-state index in [1.54, 1.807) is 4.68 Å². The van der Waals surface area contributed by atoms with E-state index in [1.807, 2.05) is 50.0 Å². The van der Waals surface area contributed by atoms with Crippen molar-refractivity contribution in [2.75, 3.05) is 19.6 Å². The van der Waals surface area contributed by atoms with Gasteiger partial charge in [-0.05, 0) is 17.7 Å². The molecule has 0 spiro atoms. The van der Waals surface area contributed by atoms with Gasteiger partial charge in [0.2, 0.25) is 5.91 Å². The maximum atomic E-state index is 12.6. The molecule has 1 saturated heterocycles. The van der Waals surface area contributed by atoms with Crippen molar-refractivity contribution in [3.05, 3.63) is 48.5 Å². The molecule has 2 aromatic heterocycles. The van der Waals surface area contributed by atoms with Gasteiger partial charge in [0.1, 0.15) is 0 Å². The maximum Gasteiger partial charge on any atom is 0.225 e. The second-order valence-electron chi connectivity index (χ2n) is 6.54. The number of fused-ring (bicyclic) bond motifs is 1. The third-order valence-electron chi connectivity index (χ3n) is 4.88. The summed E-state index contributed by atoms with van der Waals surface area (Å²) in [6.45, 7) is 2.83. The van der Waals surface area contributed by atoms with Gasteiger partial charge in [-0.25, -0.2) is 4.98 Å². The van der Waals surface area contributed by atoms with E-state index in [9.17, 15) is 4.79 Å². The molecule has 1 fully saturated rings. The van der Waals surface area contributed by atoms with E-state index in [1.165, 1.54) is 0 Å². The smallest absolute Gasteiger partial charge is 0.225 e. The zero-order valence-corrected chi connectivity index (χ0v) is 16.7. The number of nitrogens with zero attached hydrogens (tertiary/aromatic N) is 4. The van der Waals surface area contributed by atoms with Gasteiger partial charge >= 0.3 is 0 Å². The summed E-state index contributed by atoms with van der Waals surface area (Å²) < 4.78 is 3.86. The molecule has 0 saturated carbocycles. The van der Waals surface area contributed by atoms with Gasteiger partial charge < -0.3 is 15.2 Å². The summed E-state index contributed by atoms with van der Waals surface area (Å²) in [7, 11) is 1.90. The van der Waals surface area contributed by atoms with E-state index in [-0.39, 0.29) is 42.6 Å². The molecule has 2 N–H and O–H groups in total. The summed E-state index contributed by atoms with van der Waals surface area (Å²) in [5, 5.41) is 10.6. The monoisotopic (exact) mass is 410 g/mol. The van der Waals surface area contributed by atoms with Crippen LogP contribution in [0, 0.1) is 5.92 Å².